The number of rotatable bonds is 0. The second-order valence-corrected chi connectivity index (χ2v) is 2.32. The maximum atomic E-state index is 7.50. The molecule has 0 amide bonds. The minimum atomic E-state index is 0.993. The van der Waals surface area contributed by atoms with Crippen molar-refractivity contribution in [2.75, 3.05) is 0 Å². The Labute approximate surface area is 80.9 Å². The maximum absolute atomic E-state index is 7.50. The summed E-state index contributed by atoms with van der Waals surface area (Å²) in [5.74, 6) is 0. The summed E-state index contributed by atoms with van der Waals surface area (Å²) in [6, 6.07) is 0. The summed E-state index contributed by atoms with van der Waals surface area (Å²) in [6.45, 7) is 9.00. The Morgan fingerprint density at radius 3 is 2.25 bits per heavy atom. The summed E-state index contributed by atoms with van der Waals surface area (Å²) >= 11 is 3.82. The molecule has 0 heterocycles. The van der Waals surface area contributed by atoms with Crippen molar-refractivity contribution in [1.29, 1.82) is 0 Å². The molecule has 0 aliphatic heterocycles. The van der Waals surface area contributed by atoms with E-state index in [2.05, 4.69) is 35.7 Å². The number of allylic oxidation sites excluding steroid dienone is 6. The first-order valence-electron chi connectivity index (χ1n) is 2.97. The van der Waals surface area contributed by atoms with Crippen molar-refractivity contribution < 1.29 is 25.6 Å². The first-order valence-corrected chi connectivity index (χ1v) is 3.52. The normalized spacial score (nSPS) is 12.6. The van der Waals surface area contributed by atoms with Crippen LogP contribution in [-0.2, 0) is 25.6 Å². The Hall–Kier alpha value is -0.921. The fourth-order valence-electron chi connectivity index (χ4n) is 0.546. The van der Waals surface area contributed by atoms with Crippen molar-refractivity contribution in [2.45, 2.75) is 6.42 Å². The van der Waals surface area contributed by atoms with E-state index < -0.39 is 0 Å². The Morgan fingerprint density at radius 2 is 1.67 bits per heavy atom. The third-order valence-electron chi connectivity index (χ3n) is 0.939. The van der Waals surface area contributed by atoms with Crippen LogP contribution in [0.5, 0.6) is 0 Å². The predicted molar refractivity (Wildman–Crippen MR) is 42.4 cm³/mol. The SMILES string of the molecule is [C]=O.[C]=O.[Fe][C]1=CC=CC=CC1. The predicted octanol–water partition coefficient (Wildman–Crippen LogP) is 1.14. The Balaban J connectivity index is 0. The molecule has 4 radical (unpaired) electrons. The van der Waals surface area contributed by atoms with E-state index in [0.29, 0.717) is 0 Å². The molecule has 2 nitrogen and oxygen atoms in total. The molecular weight excluding hydrogens is 196 g/mol. The Morgan fingerprint density at radius 1 is 1.08 bits per heavy atom. The van der Waals surface area contributed by atoms with E-state index in [1.165, 1.54) is 4.47 Å². The first kappa shape index (κ1) is 13.7. The van der Waals surface area contributed by atoms with Crippen LogP contribution >= 0.6 is 0 Å². The first-order chi connectivity index (χ1) is 5.89. The van der Waals surface area contributed by atoms with Gasteiger partial charge in [0, 0.05) is 0 Å². The van der Waals surface area contributed by atoms with Gasteiger partial charge in [-0.05, 0) is 0 Å². The quantitative estimate of drug-likeness (QED) is 0.553. The molecule has 1 aliphatic carbocycles. The Kier molecular flexibility index (Phi) is 14.5. The van der Waals surface area contributed by atoms with Crippen molar-refractivity contribution in [1.82, 2.24) is 0 Å². The number of hydrogen-bond acceptors (Lipinski definition) is 2. The molecule has 0 aromatic heterocycles. The van der Waals surface area contributed by atoms with Crippen LogP contribution in [0.15, 0.2) is 34.9 Å². The van der Waals surface area contributed by atoms with Gasteiger partial charge in [-0.25, -0.2) is 0 Å². The van der Waals surface area contributed by atoms with Crippen LogP contribution in [0.25, 0.3) is 0 Å². The zero-order valence-corrected chi connectivity index (χ0v) is 7.37. The van der Waals surface area contributed by atoms with Gasteiger partial charge in [0.15, 0.2) is 0 Å². The average Bonchev–Trinajstić information content (AvgIpc) is 2.40. The molecule has 12 heavy (non-hydrogen) atoms. The van der Waals surface area contributed by atoms with Crippen LogP contribution in [0.1, 0.15) is 6.42 Å². The van der Waals surface area contributed by atoms with Gasteiger partial charge in [-0.15, -0.1) is 0 Å². The van der Waals surface area contributed by atoms with E-state index in [-0.39, 0.29) is 0 Å². The monoisotopic (exact) mass is 203 g/mol. The van der Waals surface area contributed by atoms with Gasteiger partial charge in [0.25, 0.3) is 13.6 Å². The number of carbonyl (C=O) groups excluding carboxylic acids is 2. The second kappa shape index (κ2) is 12.7. The molecule has 1 rings (SSSR count). The second-order valence-electron chi connectivity index (χ2n) is 1.62. The van der Waals surface area contributed by atoms with Gasteiger partial charge < -0.3 is 0 Å². The third-order valence-corrected chi connectivity index (χ3v) is 1.35. The van der Waals surface area contributed by atoms with Crippen LogP contribution in [0, 0.1) is 0 Å². The van der Waals surface area contributed by atoms with Gasteiger partial charge >= 0.3 is 57.3 Å². The van der Waals surface area contributed by atoms with E-state index >= 15 is 0 Å². The molecule has 0 aromatic rings. The van der Waals surface area contributed by atoms with E-state index in [0.717, 1.165) is 6.42 Å². The fraction of sp³-hybridized carbons (Fsp3) is 0.111. The summed E-state index contributed by atoms with van der Waals surface area (Å²) in [6.07, 6.45) is 11.2. The van der Waals surface area contributed by atoms with E-state index in [1.807, 2.05) is 24.3 Å². The summed E-state index contributed by atoms with van der Waals surface area (Å²) in [4.78, 5) is 15.0. The Bertz CT molecular complexity index is 181. The minimum absolute atomic E-state index is 0.993. The van der Waals surface area contributed by atoms with Crippen molar-refractivity contribution >= 4 is 13.6 Å². The molecule has 0 bridgehead atoms. The molecule has 0 spiro atoms. The molecule has 0 atom stereocenters. The van der Waals surface area contributed by atoms with Gasteiger partial charge in [0.05, 0.1) is 0 Å². The molecule has 1 aliphatic rings. The van der Waals surface area contributed by atoms with Crippen LogP contribution in [0.4, 0.5) is 0 Å². The molecular formula is C9H7FeO2. The summed E-state index contributed by atoms with van der Waals surface area (Å²) in [5, 5.41) is 0. The van der Waals surface area contributed by atoms with Gasteiger partial charge in [-0.2, -0.15) is 0 Å². The van der Waals surface area contributed by atoms with Crippen LogP contribution in [0.2, 0.25) is 0 Å². The summed E-state index contributed by atoms with van der Waals surface area (Å²) in [5.41, 5.74) is 0. The van der Waals surface area contributed by atoms with Crippen LogP contribution in [-0.4, -0.2) is 13.6 Å². The molecule has 0 saturated carbocycles. The van der Waals surface area contributed by atoms with Gasteiger partial charge in [-0.3, -0.25) is 9.59 Å². The molecule has 3 heteroatoms. The van der Waals surface area contributed by atoms with Crippen molar-refractivity contribution in [3.8, 4) is 0 Å². The molecule has 0 saturated heterocycles. The molecule has 63 valence electrons. The van der Waals surface area contributed by atoms with E-state index in [1.54, 1.807) is 0 Å². The van der Waals surface area contributed by atoms with Gasteiger partial charge in [-0.1, -0.05) is 0 Å². The third kappa shape index (κ3) is 9.08. The molecule has 0 N–H and O–H groups in total. The van der Waals surface area contributed by atoms with Gasteiger partial charge in [0.2, 0.25) is 0 Å². The average molecular weight is 203 g/mol. The van der Waals surface area contributed by atoms with E-state index in [4.69, 9.17) is 9.59 Å². The van der Waals surface area contributed by atoms with Crippen molar-refractivity contribution in [3.63, 3.8) is 0 Å². The fourth-order valence-corrected chi connectivity index (χ4v) is 0.783. The summed E-state index contributed by atoms with van der Waals surface area (Å²) < 4.78 is 1.18. The zero-order valence-electron chi connectivity index (χ0n) is 6.26. The van der Waals surface area contributed by atoms with E-state index in [9.17, 15) is 0 Å². The topological polar surface area (TPSA) is 34.1 Å². The molecule has 0 aromatic carbocycles. The van der Waals surface area contributed by atoms with Crippen LogP contribution in [0.3, 0.4) is 0 Å². The zero-order chi connectivity index (χ0) is 9.82. The molecule has 0 fully saturated rings. The van der Waals surface area contributed by atoms with Crippen molar-refractivity contribution in [2.24, 2.45) is 0 Å². The molecule has 0 unspecified atom stereocenters. The van der Waals surface area contributed by atoms with Gasteiger partial charge in [0.1, 0.15) is 0 Å². The van der Waals surface area contributed by atoms with Crippen LogP contribution < -0.4 is 0 Å². The number of hydrogen-bond donors (Lipinski definition) is 0. The standard InChI is InChI=1S/C7H7.2CO.Fe/c1-2-4-6-7-5-3-1;2*1-2;/h1-5H,6H2;;;. The summed E-state index contributed by atoms with van der Waals surface area (Å²) in [7, 11) is 0. The van der Waals surface area contributed by atoms with Crippen molar-refractivity contribution in [3.05, 3.63) is 34.9 Å².